The van der Waals surface area contributed by atoms with Crippen LogP contribution < -0.4 is 5.32 Å². The minimum atomic E-state index is -4.81. The summed E-state index contributed by atoms with van der Waals surface area (Å²) < 4.78 is 34.6. The largest absolute Gasteiger partial charge is 0.387 e. The molecule has 4 rings (SSSR count). The van der Waals surface area contributed by atoms with E-state index in [9.17, 15) is 24.2 Å². The van der Waals surface area contributed by atoms with Crippen LogP contribution >= 0.6 is 26.8 Å². The predicted molar refractivity (Wildman–Crippen MR) is 116 cm³/mol. The van der Waals surface area contributed by atoms with Gasteiger partial charge in [0.1, 0.15) is 29.9 Å². The molecule has 5 atom stereocenters. The topological polar surface area (TPSA) is 196 Å². The maximum atomic E-state index is 11.9. The van der Waals surface area contributed by atoms with Gasteiger partial charge in [-0.1, -0.05) is 24.4 Å². The molecule has 1 aliphatic heterocycles. The van der Waals surface area contributed by atoms with Gasteiger partial charge in [-0.3, -0.25) is 9.13 Å². The van der Waals surface area contributed by atoms with E-state index in [-0.39, 0.29) is 11.0 Å². The molecule has 2 aromatic rings. The summed E-state index contributed by atoms with van der Waals surface area (Å²) in [6.45, 7) is -0.686. The molecule has 2 fully saturated rings. The minimum Gasteiger partial charge on any atom is -0.387 e. The fourth-order valence-electron chi connectivity index (χ4n) is 4.13. The highest BCUT2D eigenvalue weighted by atomic mass is 35.5. The Hall–Kier alpha value is -1.11. The maximum Gasteiger partial charge on any atom is 0.340 e. The van der Waals surface area contributed by atoms with Crippen molar-refractivity contribution >= 4 is 38.0 Å². The second-order valence-electron chi connectivity index (χ2n) is 8.24. The average Bonchev–Trinajstić information content (AvgIpc) is 3.40. The Morgan fingerprint density at radius 3 is 2.58 bits per heavy atom. The van der Waals surface area contributed by atoms with Crippen molar-refractivity contribution in [3.8, 4) is 0 Å². The van der Waals surface area contributed by atoms with E-state index >= 15 is 0 Å². The van der Waals surface area contributed by atoms with Crippen LogP contribution in [0.25, 0.3) is 5.52 Å². The average molecular weight is 527 g/mol. The van der Waals surface area contributed by atoms with E-state index in [2.05, 4.69) is 15.4 Å². The number of anilines is 1. The van der Waals surface area contributed by atoms with Gasteiger partial charge in [-0.2, -0.15) is 5.10 Å². The van der Waals surface area contributed by atoms with Gasteiger partial charge in [0, 0.05) is 12.1 Å². The third-order valence-corrected chi connectivity index (χ3v) is 9.28. The first-order chi connectivity index (χ1) is 15.4. The highest BCUT2D eigenvalue weighted by molar-refractivity contribution is 7.70. The van der Waals surface area contributed by atoms with Crippen LogP contribution in [-0.4, -0.2) is 76.4 Å². The van der Waals surface area contributed by atoms with E-state index < -0.39 is 52.1 Å². The monoisotopic (exact) mass is 526 g/mol. The van der Waals surface area contributed by atoms with Crippen LogP contribution in [0, 0.1) is 0 Å². The first-order valence-corrected chi connectivity index (χ1v) is 14.2. The first kappa shape index (κ1) is 25.0. The van der Waals surface area contributed by atoms with Crippen molar-refractivity contribution in [3.05, 3.63) is 23.2 Å². The molecule has 0 aromatic carbocycles. The van der Waals surface area contributed by atoms with E-state index in [4.69, 9.17) is 30.6 Å². The molecule has 1 aliphatic carbocycles. The molecule has 1 unspecified atom stereocenters. The zero-order valence-electron chi connectivity index (χ0n) is 17.3. The lowest BCUT2D eigenvalue weighted by Crippen LogP contribution is -2.33. The predicted octanol–water partition coefficient (Wildman–Crippen LogP) is 1.24. The van der Waals surface area contributed by atoms with Crippen molar-refractivity contribution in [2.75, 3.05) is 17.8 Å². The summed E-state index contributed by atoms with van der Waals surface area (Å²) in [4.78, 5) is 31.7. The van der Waals surface area contributed by atoms with Gasteiger partial charge in [0.25, 0.3) is 0 Å². The van der Waals surface area contributed by atoms with E-state index in [1.54, 1.807) is 6.07 Å². The number of imidazole rings is 1. The molecule has 16 heteroatoms. The van der Waals surface area contributed by atoms with Crippen molar-refractivity contribution in [2.24, 2.45) is 0 Å². The number of aliphatic hydroxyl groups excluding tert-OH is 2. The summed E-state index contributed by atoms with van der Waals surface area (Å²) in [5.41, 5.74) is 1.31. The Kier molecular flexibility index (Phi) is 7.20. The molecule has 1 saturated heterocycles. The Labute approximate surface area is 193 Å². The number of fused-ring (bicyclic) bond motifs is 1. The van der Waals surface area contributed by atoms with Crippen LogP contribution in [0.4, 0.5) is 5.69 Å². The molecule has 1 saturated carbocycles. The summed E-state index contributed by atoms with van der Waals surface area (Å²) in [5.74, 6) is -1.22. The van der Waals surface area contributed by atoms with Crippen LogP contribution in [0.15, 0.2) is 12.3 Å². The highest BCUT2D eigenvalue weighted by Gasteiger charge is 2.46. The number of rotatable bonds is 8. The maximum absolute atomic E-state index is 11.9. The summed E-state index contributed by atoms with van der Waals surface area (Å²) in [5, 5.41) is 28.7. The van der Waals surface area contributed by atoms with Crippen molar-refractivity contribution in [1.82, 2.24) is 14.6 Å². The smallest absolute Gasteiger partial charge is 0.340 e. The molecule has 0 amide bonds. The number of hydrogen-bond acceptors (Lipinski definition) is 9. The molecule has 184 valence electrons. The standard InChI is InChI=1S/C17H25ClN4O9P2/c18-13-5-10(20-9-3-1-2-4-9)11-6-19-17(22(11)21-13)16-15(24)14(23)12(31-16)7-30-33(28,29)8-32(25,26)27/h5-6,9,12,14-16,20,23-24H,1-4,7-8H2,(H,28,29)(H2,25,26,27)/t12-,14-,15-,16-/m1/s1. The zero-order chi connectivity index (χ0) is 24.0. The minimum absolute atomic E-state index is 0.151. The van der Waals surface area contributed by atoms with Crippen LogP contribution in [0.5, 0.6) is 0 Å². The number of nitrogens with one attached hydrogen (secondary N) is 1. The van der Waals surface area contributed by atoms with E-state index in [1.165, 1.54) is 10.7 Å². The fraction of sp³-hybridized carbons (Fsp3) is 0.647. The molecule has 0 bridgehead atoms. The van der Waals surface area contributed by atoms with Crippen molar-refractivity contribution < 1.29 is 43.3 Å². The molecular weight excluding hydrogens is 502 g/mol. The molecule has 6 N–H and O–H groups in total. The second kappa shape index (κ2) is 9.50. The van der Waals surface area contributed by atoms with Gasteiger partial charge in [-0.15, -0.1) is 0 Å². The van der Waals surface area contributed by atoms with E-state index in [0.29, 0.717) is 17.2 Å². The summed E-state index contributed by atoms with van der Waals surface area (Å²) in [6, 6.07) is 1.97. The van der Waals surface area contributed by atoms with Crippen LogP contribution in [0.2, 0.25) is 5.15 Å². The van der Waals surface area contributed by atoms with Gasteiger partial charge in [0.2, 0.25) is 0 Å². The van der Waals surface area contributed by atoms with Gasteiger partial charge >= 0.3 is 15.2 Å². The molecule has 2 aromatic heterocycles. The Balaban J connectivity index is 1.53. The Morgan fingerprint density at radius 1 is 1.21 bits per heavy atom. The molecular formula is C17H25ClN4O9P2. The molecule has 2 aliphatic rings. The van der Waals surface area contributed by atoms with Crippen molar-refractivity contribution in [2.45, 2.75) is 56.1 Å². The second-order valence-corrected chi connectivity index (χ2v) is 12.6. The quantitative estimate of drug-likeness (QED) is 0.270. The van der Waals surface area contributed by atoms with E-state index in [1.807, 2.05) is 0 Å². The van der Waals surface area contributed by atoms with Crippen LogP contribution in [-0.2, 0) is 18.4 Å². The number of ether oxygens (including phenoxy) is 1. The van der Waals surface area contributed by atoms with Gasteiger partial charge in [0.15, 0.2) is 16.9 Å². The highest BCUT2D eigenvalue weighted by Crippen LogP contribution is 2.55. The van der Waals surface area contributed by atoms with E-state index in [0.717, 1.165) is 25.7 Å². The zero-order valence-corrected chi connectivity index (χ0v) is 19.8. The number of halogens is 1. The lowest BCUT2D eigenvalue weighted by Gasteiger charge is -2.18. The number of nitrogens with zero attached hydrogens (tertiary/aromatic N) is 3. The Morgan fingerprint density at radius 2 is 1.91 bits per heavy atom. The van der Waals surface area contributed by atoms with Gasteiger partial charge in [-0.25, -0.2) is 9.50 Å². The van der Waals surface area contributed by atoms with Gasteiger partial charge < -0.3 is 39.5 Å². The molecule has 0 spiro atoms. The van der Waals surface area contributed by atoms with Crippen LogP contribution in [0.3, 0.4) is 0 Å². The first-order valence-electron chi connectivity index (χ1n) is 10.3. The lowest BCUT2D eigenvalue weighted by molar-refractivity contribution is -0.0217. The fourth-order valence-corrected chi connectivity index (χ4v) is 6.88. The molecule has 3 heterocycles. The van der Waals surface area contributed by atoms with Crippen LogP contribution in [0.1, 0.15) is 37.6 Å². The summed E-state index contributed by atoms with van der Waals surface area (Å²) >= 11 is 6.20. The third-order valence-electron chi connectivity index (χ3n) is 5.63. The van der Waals surface area contributed by atoms with Gasteiger partial charge in [0.05, 0.1) is 18.5 Å². The third kappa shape index (κ3) is 5.76. The molecule has 0 radical (unpaired) electrons. The molecule has 13 nitrogen and oxygen atoms in total. The summed E-state index contributed by atoms with van der Waals surface area (Å²) in [6.07, 6.45) is 0.440. The Bertz CT molecular complexity index is 1110. The molecule has 33 heavy (non-hydrogen) atoms. The van der Waals surface area contributed by atoms with Crippen molar-refractivity contribution in [1.29, 1.82) is 0 Å². The number of aliphatic hydroxyl groups is 2. The SMILES string of the molecule is O=P(O)(O)CP(=O)(O)OC[C@H]1O[C@@H](c2ncc3c(NC4CCCC4)cc(Cl)nn23)[C@H](O)[C@@H]1O. The normalized spacial score (nSPS) is 28.4. The van der Waals surface area contributed by atoms with Gasteiger partial charge in [-0.05, 0) is 12.8 Å². The lowest BCUT2D eigenvalue weighted by atomic mass is 10.1. The number of hydrogen-bond donors (Lipinski definition) is 6. The number of aromatic nitrogens is 3. The summed E-state index contributed by atoms with van der Waals surface area (Å²) in [7, 11) is -9.46. The van der Waals surface area contributed by atoms with Crippen molar-refractivity contribution in [3.63, 3.8) is 0 Å².